The Labute approximate surface area is 82.4 Å². The number of aliphatic hydroxyl groups is 1. The Kier molecular flexibility index (Phi) is 5.32. The summed E-state index contributed by atoms with van der Waals surface area (Å²) >= 11 is 0. The molecule has 0 aromatic heterocycles. The largest absolute Gasteiger partial charge is 0.391 e. The molecule has 14 heavy (non-hydrogen) atoms. The molecule has 0 amide bonds. The van der Waals surface area contributed by atoms with Crippen molar-refractivity contribution in [2.24, 2.45) is 5.11 Å². The highest BCUT2D eigenvalue weighted by Crippen LogP contribution is 2.06. The van der Waals surface area contributed by atoms with Crippen molar-refractivity contribution in [2.75, 3.05) is 26.4 Å². The van der Waals surface area contributed by atoms with Crippen LogP contribution in [0.4, 0.5) is 0 Å². The SMILES string of the molecule is O[C@H]1CCOC1.[N-]=[N+]=N[C@H]1CCOC1. The third-order valence-electron chi connectivity index (χ3n) is 2.03. The van der Waals surface area contributed by atoms with Gasteiger partial charge in [0.05, 0.1) is 25.4 Å². The van der Waals surface area contributed by atoms with E-state index in [-0.39, 0.29) is 12.1 Å². The standard InChI is InChI=1S/C4H7N3O.C4H8O2/c5-7-6-4-1-2-8-3-4;5-4-1-2-6-3-4/h4H,1-3H2;4-5H,1-3H2/t2*4-/m00/s1. The summed E-state index contributed by atoms with van der Waals surface area (Å²) < 4.78 is 9.75. The smallest absolute Gasteiger partial charge is 0.0795 e. The van der Waals surface area contributed by atoms with E-state index in [1.807, 2.05) is 0 Å². The molecule has 2 saturated heterocycles. The topological polar surface area (TPSA) is 87.5 Å². The Hall–Kier alpha value is -0.810. The van der Waals surface area contributed by atoms with Gasteiger partial charge in [0.15, 0.2) is 0 Å². The number of rotatable bonds is 1. The molecule has 1 N–H and O–H groups in total. The van der Waals surface area contributed by atoms with E-state index in [4.69, 9.17) is 20.1 Å². The molecule has 2 heterocycles. The fourth-order valence-electron chi connectivity index (χ4n) is 1.21. The van der Waals surface area contributed by atoms with Gasteiger partial charge < -0.3 is 14.6 Å². The molecule has 2 fully saturated rings. The van der Waals surface area contributed by atoms with Crippen molar-refractivity contribution < 1.29 is 14.6 Å². The van der Waals surface area contributed by atoms with Crippen LogP contribution in [0, 0.1) is 0 Å². The van der Waals surface area contributed by atoms with Gasteiger partial charge in [0.1, 0.15) is 0 Å². The average Bonchev–Trinajstić information content (AvgIpc) is 2.79. The van der Waals surface area contributed by atoms with E-state index in [1.54, 1.807) is 0 Å². The second-order valence-electron chi connectivity index (χ2n) is 3.24. The molecule has 6 nitrogen and oxygen atoms in total. The lowest BCUT2D eigenvalue weighted by molar-refractivity contribution is 0.127. The van der Waals surface area contributed by atoms with Crippen molar-refractivity contribution in [2.45, 2.75) is 25.0 Å². The summed E-state index contributed by atoms with van der Waals surface area (Å²) in [6.07, 6.45) is 1.52. The molecule has 6 heteroatoms. The van der Waals surface area contributed by atoms with Crippen molar-refractivity contribution in [1.29, 1.82) is 0 Å². The van der Waals surface area contributed by atoms with E-state index < -0.39 is 0 Å². The Balaban J connectivity index is 0.000000146. The highest BCUT2D eigenvalue weighted by Gasteiger charge is 2.12. The van der Waals surface area contributed by atoms with Gasteiger partial charge >= 0.3 is 0 Å². The normalized spacial score (nSPS) is 30.4. The van der Waals surface area contributed by atoms with E-state index in [0.29, 0.717) is 13.2 Å². The van der Waals surface area contributed by atoms with Crippen LogP contribution < -0.4 is 0 Å². The fourth-order valence-corrected chi connectivity index (χ4v) is 1.21. The number of aliphatic hydroxyl groups excluding tert-OH is 1. The van der Waals surface area contributed by atoms with Crippen LogP contribution in [0.25, 0.3) is 10.4 Å². The number of ether oxygens (including phenoxy) is 2. The predicted octanol–water partition coefficient (Wildman–Crippen LogP) is 0.853. The summed E-state index contributed by atoms with van der Waals surface area (Å²) in [5.74, 6) is 0. The zero-order valence-electron chi connectivity index (χ0n) is 8.00. The van der Waals surface area contributed by atoms with Gasteiger partial charge in [0.25, 0.3) is 0 Å². The third-order valence-corrected chi connectivity index (χ3v) is 2.03. The molecule has 0 saturated carbocycles. The van der Waals surface area contributed by atoms with Crippen molar-refractivity contribution in [1.82, 2.24) is 0 Å². The highest BCUT2D eigenvalue weighted by atomic mass is 16.5. The average molecular weight is 201 g/mol. The van der Waals surface area contributed by atoms with Gasteiger partial charge in [0, 0.05) is 18.1 Å². The van der Waals surface area contributed by atoms with Gasteiger partial charge in [-0.25, -0.2) is 0 Å². The molecular weight excluding hydrogens is 186 g/mol. The molecule has 2 atom stereocenters. The van der Waals surface area contributed by atoms with Crippen LogP contribution in [-0.4, -0.2) is 43.7 Å². The van der Waals surface area contributed by atoms with Crippen LogP contribution in [0.1, 0.15) is 12.8 Å². The lowest BCUT2D eigenvalue weighted by Crippen LogP contribution is -2.02. The molecule has 0 bridgehead atoms. The van der Waals surface area contributed by atoms with Crippen LogP contribution in [0.5, 0.6) is 0 Å². The monoisotopic (exact) mass is 201 g/mol. The van der Waals surface area contributed by atoms with Gasteiger partial charge in [-0.1, -0.05) is 5.11 Å². The summed E-state index contributed by atoms with van der Waals surface area (Å²) in [5.41, 5.74) is 7.93. The van der Waals surface area contributed by atoms with Gasteiger partial charge in [-0.05, 0) is 18.4 Å². The summed E-state index contributed by atoms with van der Waals surface area (Å²) in [6.45, 7) is 2.62. The minimum absolute atomic E-state index is 0.0972. The van der Waals surface area contributed by atoms with Gasteiger partial charge in [-0.2, -0.15) is 0 Å². The zero-order chi connectivity index (χ0) is 10.2. The molecular formula is C8H15N3O3. The van der Waals surface area contributed by atoms with Crippen molar-refractivity contribution in [3.8, 4) is 0 Å². The lowest BCUT2D eigenvalue weighted by atomic mass is 10.3. The maximum Gasteiger partial charge on any atom is 0.0795 e. The van der Waals surface area contributed by atoms with E-state index in [1.165, 1.54) is 0 Å². The quantitative estimate of drug-likeness (QED) is 0.387. The number of nitrogens with zero attached hydrogens (tertiary/aromatic N) is 3. The van der Waals surface area contributed by atoms with Gasteiger partial charge in [-0.3, -0.25) is 0 Å². The minimum Gasteiger partial charge on any atom is -0.391 e. The highest BCUT2D eigenvalue weighted by molar-refractivity contribution is 4.70. The summed E-state index contributed by atoms with van der Waals surface area (Å²) in [5, 5.41) is 12.1. The minimum atomic E-state index is -0.176. The Morgan fingerprint density at radius 2 is 1.93 bits per heavy atom. The number of hydrogen-bond acceptors (Lipinski definition) is 4. The second-order valence-corrected chi connectivity index (χ2v) is 3.24. The van der Waals surface area contributed by atoms with Crippen LogP contribution in [-0.2, 0) is 9.47 Å². The zero-order valence-corrected chi connectivity index (χ0v) is 8.00. The maximum absolute atomic E-state index is 8.60. The van der Waals surface area contributed by atoms with Crippen molar-refractivity contribution >= 4 is 0 Å². The summed E-state index contributed by atoms with van der Waals surface area (Å²) in [4.78, 5) is 2.66. The molecule has 80 valence electrons. The molecule has 0 spiro atoms. The first kappa shape index (κ1) is 11.3. The molecule has 0 aromatic rings. The Morgan fingerprint density at radius 1 is 1.21 bits per heavy atom. The molecule has 2 aliphatic heterocycles. The summed E-state index contributed by atoms with van der Waals surface area (Å²) in [7, 11) is 0. The van der Waals surface area contributed by atoms with Crippen LogP contribution >= 0.6 is 0 Å². The molecule has 0 unspecified atom stereocenters. The van der Waals surface area contributed by atoms with E-state index >= 15 is 0 Å². The van der Waals surface area contributed by atoms with E-state index in [9.17, 15) is 0 Å². The Morgan fingerprint density at radius 3 is 2.29 bits per heavy atom. The van der Waals surface area contributed by atoms with Crippen molar-refractivity contribution in [3.05, 3.63) is 10.4 Å². The molecule has 0 radical (unpaired) electrons. The van der Waals surface area contributed by atoms with Gasteiger partial charge in [-0.15, -0.1) is 0 Å². The van der Waals surface area contributed by atoms with Crippen molar-refractivity contribution in [3.63, 3.8) is 0 Å². The predicted molar refractivity (Wildman–Crippen MR) is 49.8 cm³/mol. The summed E-state index contributed by atoms with van der Waals surface area (Å²) in [6, 6.07) is 0.0972. The second kappa shape index (κ2) is 6.62. The molecule has 0 aromatic carbocycles. The molecule has 0 aliphatic carbocycles. The van der Waals surface area contributed by atoms with Crippen LogP contribution in [0.2, 0.25) is 0 Å². The maximum atomic E-state index is 8.60. The Bertz CT molecular complexity index is 194. The lowest BCUT2D eigenvalue weighted by Gasteiger charge is -1.90. The first-order valence-corrected chi connectivity index (χ1v) is 4.70. The first-order valence-electron chi connectivity index (χ1n) is 4.70. The third kappa shape index (κ3) is 4.43. The van der Waals surface area contributed by atoms with Gasteiger partial charge in [0.2, 0.25) is 0 Å². The van der Waals surface area contributed by atoms with E-state index in [2.05, 4.69) is 10.0 Å². The first-order chi connectivity index (χ1) is 6.83. The molecule has 2 rings (SSSR count). The van der Waals surface area contributed by atoms with E-state index in [0.717, 1.165) is 26.1 Å². The fraction of sp³-hybridized carbons (Fsp3) is 1.00. The number of hydrogen-bond donors (Lipinski definition) is 1. The van der Waals surface area contributed by atoms with Crippen LogP contribution in [0.15, 0.2) is 5.11 Å². The number of azide groups is 1. The van der Waals surface area contributed by atoms with Crippen LogP contribution in [0.3, 0.4) is 0 Å². The molecule has 2 aliphatic rings.